The van der Waals surface area contributed by atoms with E-state index >= 15 is 0 Å². The van der Waals surface area contributed by atoms with Crippen molar-refractivity contribution in [3.05, 3.63) is 29.8 Å². The average Bonchev–Trinajstić information content (AvgIpc) is 3.07. The first-order valence-electron chi connectivity index (χ1n) is 10.4. The molecule has 1 aromatic rings. The topological polar surface area (TPSA) is 84.5 Å². The van der Waals surface area contributed by atoms with E-state index in [1.807, 2.05) is 12.1 Å². The van der Waals surface area contributed by atoms with Gasteiger partial charge in [-0.25, -0.2) is 13.1 Å². The molecule has 1 aliphatic rings. The minimum Gasteiger partial charge on any atom is -0.413 e. The summed E-state index contributed by atoms with van der Waals surface area (Å²) in [6.07, 6.45) is 3.47. The Hall–Kier alpha value is -1.22. The molecule has 1 aromatic carbocycles. The van der Waals surface area contributed by atoms with Gasteiger partial charge in [-0.2, -0.15) is 0 Å². The summed E-state index contributed by atoms with van der Waals surface area (Å²) in [5.74, 6) is -0.526. The predicted molar refractivity (Wildman–Crippen MR) is 119 cm³/mol. The number of amides is 1. The third kappa shape index (κ3) is 6.38. The molecule has 0 unspecified atom stereocenters. The molecule has 8 heteroatoms. The molecule has 2 N–H and O–H groups in total. The summed E-state index contributed by atoms with van der Waals surface area (Å²) in [6.45, 7) is 13.5. The van der Waals surface area contributed by atoms with Crippen molar-refractivity contribution in [1.29, 1.82) is 0 Å². The molecule has 0 bridgehead atoms. The first-order valence-corrected chi connectivity index (χ1v) is 14.8. The van der Waals surface area contributed by atoms with E-state index in [2.05, 4.69) is 50.8 Å². The predicted octanol–water partition coefficient (Wildman–Crippen LogP) is 3.59. The van der Waals surface area contributed by atoms with Gasteiger partial charge < -0.3 is 9.74 Å². The van der Waals surface area contributed by atoms with Crippen molar-refractivity contribution < 1.29 is 17.6 Å². The van der Waals surface area contributed by atoms with Crippen molar-refractivity contribution in [3.8, 4) is 0 Å². The number of aryl methyl sites for hydroxylation is 1. The van der Waals surface area contributed by atoms with Gasteiger partial charge in [-0.05, 0) is 55.1 Å². The monoisotopic (exact) mass is 440 g/mol. The highest BCUT2D eigenvalue weighted by Gasteiger charge is 2.42. The maximum Gasteiger partial charge on any atom is 0.264 e. The second-order valence-electron chi connectivity index (χ2n) is 9.41. The summed E-state index contributed by atoms with van der Waals surface area (Å²) >= 11 is 0. The van der Waals surface area contributed by atoms with Crippen molar-refractivity contribution >= 4 is 24.2 Å². The van der Waals surface area contributed by atoms with Crippen LogP contribution < -0.4 is 10.0 Å². The van der Waals surface area contributed by atoms with Crippen molar-refractivity contribution in [2.24, 2.45) is 0 Å². The molecule has 164 valence electrons. The van der Waals surface area contributed by atoms with Crippen molar-refractivity contribution in [3.63, 3.8) is 0 Å². The van der Waals surface area contributed by atoms with E-state index in [-0.39, 0.29) is 16.0 Å². The molecule has 1 saturated heterocycles. The maximum atomic E-state index is 12.6. The second-order valence-corrected chi connectivity index (χ2v) is 15.9. The van der Waals surface area contributed by atoms with E-state index in [9.17, 15) is 13.2 Å². The summed E-state index contributed by atoms with van der Waals surface area (Å²) in [6, 6.07) is 6.18. The Morgan fingerprint density at radius 3 is 2.41 bits per heavy atom. The van der Waals surface area contributed by atoms with E-state index in [1.54, 1.807) is 12.1 Å². The zero-order chi connectivity index (χ0) is 21.9. The van der Waals surface area contributed by atoms with Gasteiger partial charge in [0.2, 0.25) is 0 Å². The van der Waals surface area contributed by atoms with Gasteiger partial charge in [0.1, 0.15) is 0 Å². The zero-order valence-electron chi connectivity index (χ0n) is 18.5. The molecular formula is C21H36N2O4SSi. The van der Waals surface area contributed by atoms with Gasteiger partial charge in [0.05, 0.1) is 17.0 Å². The highest BCUT2D eigenvalue weighted by Crippen LogP contribution is 2.38. The largest absolute Gasteiger partial charge is 0.413 e. The number of hydrogen-bond acceptors (Lipinski definition) is 5. The fourth-order valence-corrected chi connectivity index (χ4v) is 5.45. The number of unbranched alkanes of at least 4 members (excludes halogenated alkanes) is 1. The molecule has 0 aromatic heterocycles. The van der Waals surface area contributed by atoms with Crippen molar-refractivity contribution in [1.82, 2.24) is 10.0 Å². The summed E-state index contributed by atoms with van der Waals surface area (Å²) in [4.78, 5) is 12.7. The number of carbonyl (C=O) groups excluding carboxylic acids is 1. The molecule has 2 atom stereocenters. The summed E-state index contributed by atoms with van der Waals surface area (Å²) < 4.78 is 33.7. The molecule has 2 rings (SSSR count). The standard InChI is InChI=1S/C21H36N2O4SSi/c1-7-8-9-16-10-12-18(13-11-16)28(25,26)23-20(24)19-14-17(15-22-19)27-29(5,6)21(2,3)4/h10-13,17,19,22H,7-9,14-15H2,1-6H3,(H,23,24)/t17-,19+/m1/s1. The number of sulfonamides is 1. The molecule has 0 aliphatic carbocycles. The Balaban J connectivity index is 1.96. The van der Waals surface area contributed by atoms with Crippen LogP contribution >= 0.6 is 0 Å². The summed E-state index contributed by atoms with van der Waals surface area (Å²) in [7, 11) is -5.82. The highest BCUT2D eigenvalue weighted by molar-refractivity contribution is 7.90. The highest BCUT2D eigenvalue weighted by atomic mass is 32.2. The van der Waals surface area contributed by atoms with Gasteiger partial charge >= 0.3 is 0 Å². The first kappa shape index (κ1) is 24.1. The molecule has 0 radical (unpaired) electrons. The van der Waals surface area contributed by atoms with Gasteiger partial charge in [0, 0.05) is 6.54 Å². The zero-order valence-corrected chi connectivity index (χ0v) is 20.4. The quantitative estimate of drug-likeness (QED) is 0.604. The van der Waals surface area contributed by atoms with Crippen molar-refractivity contribution in [2.45, 2.75) is 88.6 Å². The fourth-order valence-electron chi connectivity index (χ4n) is 3.06. The fraction of sp³-hybridized carbons (Fsp3) is 0.667. The third-order valence-corrected chi connectivity index (χ3v) is 11.9. The molecule has 1 aliphatic heterocycles. The summed E-state index contributed by atoms with van der Waals surface area (Å²) in [5.41, 5.74) is 1.10. The lowest BCUT2D eigenvalue weighted by atomic mass is 10.1. The molecular weight excluding hydrogens is 404 g/mol. The number of hydrogen-bond donors (Lipinski definition) is 2. The Bertz CT molecular complexity index is 801. The van der Waals surface area contributed by atoms with Crippen LogP contribution in [0.4, 0.5) is 0 Å². The smallest absolute Gasteiger partial charge is 0.264 e. The maximum absolute atomic E-state index is 12.6. The minimum atomic E-state index is -3.88. The molecule has 6 nitrogen and oxygen atoms in total. The SMILES string of the molecule is CCCCc1ccc(S(=O)(=O)NC(=O)[C@@H]2C[C@@H](O[Si](C)(C)C(C)(C)C)CN2)cc1. The van der Waals surface area contributed by atoms with Crippen LogP contribution in [0.2, 0.25) is 18.1 Å². The number of nitrogens with one attached hydrogen (secondary N) is 2. The average molecular weight is 441 g/mol. The lowest BCUT2D eigenvalue weighted by molar-refractivity contribution is -0.121. The Labute approximate surface area is 177 Å². The summed E-state index contributed by atoms with van der Waals surface area (Å²) in [5, 5.41) is 3.19. The Morgan fingerprint density at radius 2 is 1.86 bits per heavy atom. The molecule has 1 amide bonds. The third-order valence-electron chi connectivity index (χ3n) is 5.96. The van der Waals surface area contributed by atoms with Crippen LogP contribution in [-0.2, 0) is 25.7 Å². The molecule has 1 fully saturated rings. The van der Waals surface area contributed by atoms with Crippen LogP contribution in [0.5, 0.6) is 0 Å². The Morgan fingerprint density at radius 1 is 1.24 bits per heavy atom. The number of rotatable bonds is 8. The van der Waals surface area contributed by atoms with Crippen LogP contribution in [0.3, 0.4) is 0 Å². The molecule has 0 saturated carbocycles. The van der Waals surface area contributed by atoms with E-state index in [4.69, 9.17) is 4.43 Å². The van der Waals surface area contributed by atoms with Crippen LogP contribution in [-0.4, -0.2) is 41.3 Å². The van der Waals surface area contributed by atoms with Gasteiger partial charge in [0.25, 0.3) is 15.9 Å². The van der Waals surface area contributed by atoms with Crippen LogP contribution in [0.25, 0.3) is 0 Å². The first-order chi connectivity index (χ1) is 13.4. The van der Waals surface area contributed by atoms with Gasteiger partial charge in [-0.15, -0.1) is 0 Å². The number of carbonyl (C=O) groups is 1. The van der Waals surface area contributed by atoms with Crippen LogP contribution in [0.15, 0.2) is 29.2 Å². The van der Waals surface area contributed by atoms with Gasteiger partial charge in [-0.1, -0.05) is 46.2 Å². The Kier molecular flexibility index (Phi) is 7.70. The normalized spacial score (nSPS) is 20.6. The minimum absolute atomic E-state index is 0.0767. The van der Waals surface area contributed by atoms with Crippen molar-refractivity contribution in [2.75, 3.05) is 6.54 Å². The number of benzene rings is 1. The van der Waals surface area contributed by atoms with E-state index in [0.717, 1.165) is 24.8 Å². The van der Waals surface area contributed by atoms with Gasteiger partial charge in [0.15, 0.2) is 8.32 Å². The van der Waals surface area contributed by atoms with Crippen LogP contribution in [0.1, 0.15) is 52.5 Å². The van der Waals surface area contributed by atoms with E-state index < -0.39 is 30.3 Å². The molecule has 0 spiro atoms. The van der Waals surface area contributed by atoms with E-state index in [0.29, 0.717) is 13.0 Å². The van der Waals surface area contributed by atoms with Gasteiger partial charge in [-0.3, -0.25) is 4.79 Å². The van der Waals surface area contributed by atoms with E-state index in [1.165, 1.54) is 0 Å². The molecule has 1 heterocycles. The second kappa shape index (κ2) is 9.28. The molecule has 29 heavy (non-hydrogen) atoms. The lowest BCUT2D eigenvalue weighted by Crippen LogP contribution is -2.44. The lowest BCUT2D eigenvalue weighted by Gasteiger charge is -2.38. The van der Waals surface area contributed by atoms with Crippen LogP contribution in [0, 0.1) is 0 Å².